The predicted molar refractivity (Wildman–Crippen MR) is 132 cm³/mol. The molecule has 1 saturated heterocycles. The molecule has 3 aromatic rings. The van der Waals surface area contributed by atoms with Crippen LogP contribution in [0.5, 0.6) is 0 Å². The van der Waals surface area contributed by atoms with Crippen molar-refractivity contribution in [1.29, 1.82) is 0 Å². The molecule has 3 heterocycles. The van der Waals surface area contributed by atoms with Gasteiger partial charge in [-0.3, -0.25) is 9.69 Å². The molecule has 4 rings (SSSR count). The van der Waals surface area contributed by atoms with Crippen LogP contribution in [-0.2, 0) is 13.0 Å². The lowest BCUT2D eigenvalue weighted by atomic mass is 10.0. The van der Waals surface area contributed by atoms with Gasteiger partial charge in [0.05, 0.1) is 11.4 Å². The molecule has 1 aliphatic rings. The number of anilines is 1. The van der Waals surface area contributed by atoms with Gasteiger partial charge in [-0.1, -0.05) is 49.7 Å². The van der Waals surface area contributed by atoms with E-state index in [1.807, 2.05) is 19.1 Å². The quantitative estimate of drug-likeness (QED) is 0.371. The molecule has 1 unspecified atom stereocenters. The molecule has 0 aliphatic carbocycles. The van der Waals surface area contributed by atoms with E-state index in [-0.39, 0.29) is 17.3 Å². The van der Waals surface area contributed by atoms with Crippen molar-refractivity contribution in [2.45, 2.75) is 66.0 Å². The largest absolute Gasteiger partial charge is 0.378 e. The highest BCUT2D eigenvalue weighted by Gasteiger charge is 2.28. The van der Waals surface area contributed by atoms with Crippen molar-refractivity contribution in [2.75, 3.05) is 12.3 Å². The van der Waals surface area contributed by atoms with Crippen LogP contribution in [0, 0.1) is 5.92 Å². The van der Waals surface area contributed by atoms with E-state index in [2.05, 4.69) is 69.0 Å². The van der Waals surface area contributed by atoms with E-state index in [0.717, 1.165) is 31.4 Å². The third kappa shape index (κ3) is 5.73. The number of nitrogens with zero attached hydrogens (tertiary/aromatic N) is 7. The molecular weight excluding hydrogens is 446 g/mol. The van der Waals surface area contributed by atoms with Gasteiger partial charge in [0.25, 0.3) is 5.91 Å². The molecule has 1 amide bonds. The summed E-state index contributed by atoms with van der Waals surface area (Å²) >= 11 is 0. The first-order chi connectivity index (χ1) is 16.8. The Morgan fingerprint density at radius 1 is 1.26 bits per heavy atom. The summed E-state index contributed by atoms with van der Waals surface area (Å²) in [6, 6.07) is 8.59. The highest BCUT2D eigenvalue weighted by atomic mass is 16.6. The monoisotopic (exact) mass is 479 g/mol. The van der Waals surface area contributed by atoms with Crippen LogP contribution in [0.4, 0.5) is 5.82 Å². The number of rotatable bonds is 8. The van der Waals surface area contributed by atoms with E-state index in [1.165, 1.54) is 16.7 Å². The highest BCUT2D eigenvalue weighted by molar-refractivity contribution is 6.00. The van der Waals surface area contributed by atoms with Crippen LogP contribution in [0.3, 0.4) is 0 Å². The molecule has 2 aromatic heterocycles. The van der Waals surface area contributed by atoms with Crippen molar-refractivity contribution in [3.63, 3.8) is 0 Å². The molecule has 186 valence electrons. The van der Waals surface area contributed by atoms with Crippen molar-refractivity contribution in [2.24, 2.45) is 11.0 Å². The van der Waals surface area contributed by atoms with Gasteiger partial charge in [0.15, 0.2) is 5.69 Å². The summed E-state index contributed by atoms with van der Waals surface area (Å²) in [5, 5.41) is 20.1. The smallest absolute Gasteiger partial charge is 0.293 e. The molecule has 1 aliphatic heterocycles. The van der Waals surface area contributed by atoms with Gasteiger partial charge in [0.2, 0.25) is 11.6 Å². The lowest BCUT2D eigenvalue weighted by molar-refractivity contribution is 0.0944. The van der Waals surface area contributed by atoms with Crippen LogP contribution in [0.25, 0.3) is 5.82 Å². The Bertz CT molecular complexity index is 1180. The summed E-state index contributed by atoms with van der Waals surface area (Å²) in [4.78, 5) is 15.4. The predicted octanol–water partition coefficient (Wildman–Crippen LogP) is 2.96. The van der Waals surface area contributed by atoms with Gasteiger partial charge in [-0.05, 0) is 67.0 Å². The maximum atomic E-state index is 13.1. The number of aromatic nitrogens is 5. The van der Waals surface area contributed by atoms with Crippen LogP contribution in [-0.4, -0.2) is 54.4 Å². The van der Waals surface area contributed by atoms with Crippen LogP contribution in [0.15, 0.2) is 34.0 Å². The molecule has 1 atom stereocenters. The number of carbonyl (C=O) groups excluding carboxylic acids is 1. The first-order valence-corrected chi connectivity index (χ1v) is 12.0. The minimum Gasteiger partial charge on any atom is -0.378 e. The molecular formula is C24H33N9O2. The number of nitrogens with two attached hydrogens (primary N) is 1. The fourth-order valence-electron chi connectivity index (χ4n) is 4.32. The normalized spacial score (nSPS) is 17.2. The van der Waals surface area contributed by atoms with Gasteiger partial charge >= 0.3 is 0 Å². The number of hydrazone groups is 1. The molecule has 11 nitrogen and oxygen atoms in total. The second kappa shape index (κ2) is 10.8. The van der Waals surface area contributed by atoms with E-state index in [4.69, 9.17) is 10.4 Å². The van der Waals surface area contributed by atoms with Crippen molar-refractivity contribution < 1.29 is 9.42 Å². The Labute approximate surface area is 204 Å². The molecule has 1 fully saturated rings. The fraction of sp³-hybridized carbons (Fsp3) is 0.500. The number of hydrogen-bond donors (Lipinski definition) is 2. The third-order valence-electron chi connectivity index (χ3n) is 6.31. The van der Waals surface area contributed by atoms with Crippen LogP contribution >= 0.6 is 0 Å². The zero-order valence-corrected chi connectivity index (χ0v) is 20.7. The summed E-state index contributed by atoms with van der Waals surface area (Å²) in [7, 11) is 0. The van der Waals surface area contributed by atoms with Crippen molar-refractivity contribution in [3.8, 4) is 5.82 Å². The van der Waals surface area contributed by atoms with E-state index >= 15 is 0 Å². The topological polar surface area (TPSA) is 140 Å². The summed E-state index contributed by atoms with van der Waals surface area (Å²) in [6.45, 7) is 9.80. The second-order valence-electron chi connectivity index (χ2n) is 9.52. The number of piperidine rings is 1. The molecule has 1 aromatic carbocycles. The zero-order valence-electron chi connectivity index (χ0n) is 20.7. The number of carbonyl (C=O) groups is 1. The lowest BCUT2D eigenvalue weighted by Gasteiger charge is -2.33. The van der Waals surface area contributed by atoms with E-state index < -0.39 is 5.91 Å². The summed E-state index contributed by atoms with van der Waals surface area (Å²) < 4.78 is 6.17. The molecule has 0 spiro atoms. The second-order valence-corrected chi connectivity index (χ2v) is 9.52. The summed E-state index contributed by atoms with van der Waals surface area (Å²) in [5.41, 5.74) is 12.1. The number of amides is 1. The SMILES string of the molecule is C/C(=N/NC(=O)c1nnn(-c2nonc2N)c1CN1CCCCC1C)c1ccc(CC(C)C)cc1. The molecule has 3 N–H and O–H groups in total. The molecule has 0 bridgehead atoms. The van der Waals surface area contributed by atoms with Gasteiger partial charge in [0.1, 0.15) is 0 Å². The number of hydrogen-bond acceptors (Lipinski definition) is 9. The number of benzene rings is 1. The Kier molecular flexibility index (Phi) is 7.54. The first kappa shape index (κ1) is 24.5. The third-order valence-corrected chi connectivity index (χ3v) is 6.31. The maximum Gasteiger partial charge on any atom is 0.293 e. The zero-order chi connectivity index (χ0) is 24.9. The van der Waals surface area contributed by atoms with Gasteiger partial charge in [0, 0.05) is 12.6 Å². The molecule has 0 radical (unpaired) electrons. The van der Waals surface area contributed by atoms with Gasteiger partial charge in [-0.2, -0.15) is 9.78 Å². The van der Waals surface area contributed by atoms with Crippen LogP contribution in [0.1, 0.15) is 74.3 Å². The molecule has 11 heteroatoms. The lowest BCUT2D eigenvalue weighted by Crippen LogP contribution is -2.38. The van der Waals surface area contributed by atoms with Crippen molar-refractivity contribution >= 4 is 17.4 Å². The minimum atomic E-state index is -0.457. The summed E-state index contributed by atoms with van der Waals surface area (Å²) in [6.07, 6.45) is 4.40. The van der Waals surface area contributed by atoms with Crippen molar-refractivity contribution in [3.05, 3.63) is 46.8 Å². The van der Waals surface area contributed by atoms with Crippen LogP contribution in [0.2, 0.25) is 0 Å². The average Bonchev–Trinajstić information content (AvgIpc) is 3.44. The Balaban J connectivity index is 1.55. The van der Waals surface area contributed by atoms with Gasteiger partial charge in [-0.15, -0.1) is 5.10 Å². The fourth-order valence-corrected chi connectivity index (χ4v) is 4.32. The molecule has 0 saturated carbocycles. The van der Waals surface area contributed by atoms with Crippen LogP contribution < -0.4 is 11.2 Å². The van der Waals surface area contributed by atoms with Gasteiger partial charge < -0.3 is 5.73 Å². The maximum absolute atomic E-state index is 13.1. The van der Waals surface area contributed by atoms with Gasteiger partial charge in [-0.25, -0.2) is 10.1 Å². The highest BCUT2D eigenvalue weighted by Crippen LogP contribution is 2.23. The number of likely N-dealkylation sites (tertiary alicyclic amines) is 1. The van der Waals surface area contributed by atoms with E-state index in [0.29, 0.717) is 29.9 Å². The Morgan fingerprint density at radius 3 is 2.69 bits per heavy atom. The molecule has 35 heavy (non-hydrogen) atoms. The van der Waals surface area contributed by atoms with Crippen molar-refractivity contribution in [1.82, 2.24) is 35.6 Å². The Hall–Kier alpha value is -3.60. The first-order valence-electron chi connectivity index (χ1n) is 12.0. The summed E-state index contributed by atoms with van der Waals surface area (Å²) in [5.74, 6) is 0.414. The minimum absolute atomic E-state index is 0.0737. The van der Waals surface area contributed by atoms with E-state index in [1.54, 1.807) is 0 Å². The van der Waals surface area contributed by atoms with E-state index in [9.17, 15) is 4.79 Å². The Morgan fingerprint density at radius 2 is 2.03 bits per heavy atom. The number of nitrogens with one attached hydrogen (secondary N) is 1. The standard InChI is InChI=1S/C24H33N9O2/c1-15(2)13-18-8-10-19(11-9-18)17(4)26-28-24(34)21-20(14-32-12-6-5-7-16(32)3)33(31-27-21)23-22(25)29-35-30-23/h8-11,15-16H,5-7,12-14H2,1-4H3,(H2,25,29)(H,28,34)/b26-17-. The average molecular weight is 480 g/mol. The number of nitrogen functional groups attached to an aromatic ring is 1.